The summed E-state index contributed by atoms with van der Waals surface area (Å²) in [5, 5.41) is 9.72. The van der Waals surface area contributed by atoms with Crippen LogP contribution in [0.25, 0.3) is 0 Å². The molecule has 0 radical (unpaired) electrons. The van der Waals surface area contributed by atoms with Gasteiger partial charge in [0.25, 0.3) is 0 Å². The molecule has 0 aliphatic heterocycles. The first-order valence-corrected chi connectivity index (χ1v) is 8.61. The standard InChI is InChI=1S/C20H21ClO3/c1-13-9-16(17(11-19(22)23)15-7-8-15)10-18(21)20(13)24-12-14-5-3-2-4-6-14/h2-6,9-10,15,17H,7-8,11-12H2,1H3,(H,22,23). The van der Waals surface area contributed by atoms with E-state index in [1.807, 2.05) is 49.4 Å². The highest BCUT2D eigenvalue weighted by Gasteiger charge is 2.34. The maximum Gasteiger partial charge on any atom is 0.303 e. The van der Waals surface area contributed by atoms with Gasteiger partial charge in [0.15, 0.2) is 0 Å². The van der Waals surface area contributed by atoms with Gasteiger partial charge in [-0.25, -0.2) is 0 Å². The number of carboxylic acids is 1. The van der Waals surface area contributed by atoms with Crippen molar-refractivity contribution in [3.8, 4) is 5.75 Å². The molecule has 3 rings (SSSR count). The second-order valence-electron chi connectivity index (χ2n) is 6.46. The van der Waals surface area contributed by atoms with E-state index in [4.69, 9.17) is 21.4 Å². The van der Waals surface area contributed by atoms with Crippen LogP contribution in [0.1, 0.15) is 41.9 Å². The maximum absolute atomic E-state index is 11.2. The van der Waals surface area contributed by atoms with Gasteiger partial charge < -0.3 is 9.84 Å². The van der Waals surface area contributed by atoms with Gasteiger partial charge in [-0.15, -0.1) is 0 Å². The van der Waals surface area contributed by atoms with Crippen LogP contribution in [-0.2, 0) is 11.4 Å². The predicted octanol–water partition coefficient (Wildman–Crippen LogP) is 5.20. The Morgan fingerprint density at radius 2 is 2.00 bits per heavy atom. The number of hydrogen-bond donors (Lipinski definition) is 1. The van der Waals surface area contributed by atoms with E-state index in [-0.39, 0.29) is 12.3 Å². The van der Waals surface area contributed by atoms with Crippen molar-refractivity contribution in [3.63, 3.8) is 0 Å². The summed E-state index contributed by atoms with van der Waals surface area (Å²) in [7, 11) is 0. The zero-order chi connectivity index (χ0) is 17.1. The Balaban J connectivity index is 1.78. The first kappa shape index (κ1) is 16.8. The van der Waals surface area contributed by atoms with Crippen LogP contribution in [0.4, 0.5) is 0 Å². The topological polar surface area (TPSA) is 46.5 Å². The normalized spacial score (nSPS) is 15.1. The van der Waals surface area contributed by atoms with Gasteiger partial charge in [-0.3, -0.25) is 4.79 Å². The summed E-state index contributed by atoms with van der Waals surface area (Å²) in [6, 6.07) is 13.8. The molecule has 1 unspecified atom stereocenters. The molecule has 1 aliphatic carbocycles. The number of carbonyl (C=O) groups is 1. The van der Waals surface area contributed by atoms with Crippen molar-refractivity contribution in [1.82, 2.24) is 0 Å². The molecule has 4 heteroatoms. The number of hydrogen-bond acceptors (Lipinski definition) is 2. The molecule has 2 aromatic carbocycles. The van der Waals surface area contributed by atoms with E-state index >= 15 is 0 Å². The zero-order valence-corrected chi connectivity index (χ0v) is 14.4. The monoisotopic (exact) mass is 344 g/mol. The van der Waals surface area contributed by atoms with Gasteiger partial charge in [0.2, 0.25) is 0 Å². The van der Waals surface area contributed by atoms with Gasteiger partial charge >= 0.3 is 5.97 Å². The summed E-state index contributed by atoms with van der Waals surface area (Å²) in [6.07, 6.45) is 2.35. The molecule has 0 saturated heterocycles. The fraction of sp³-hybridized carbons (Fsp3) is 0.350. The van der Waals surface area contributed by atoms with E-state index in [1.54, 1.807) is 0 Å². The number of aryl methyl sites for hydroxylation is 1. The zero-order valence-electron chi connectivity index (χ0n) is 13.7. The molecular formula is C20H21ClO3. The van der Waals surface area contributed by atoms with Crippen molar-refractivity contribution in [2.45, 2.75) is 38.7 Å². The Kier molecular flexibility index (Phi) is 5.10. The lowest BCUT2D eigenvalue weighted by Crippen LogP contribution is -2.09. The first-order chi connectivity index (χ1) is 11.5. The highest BCUT2D eigenvalue weighted by Crippen LogP contribution is 2.46. The molecule has 0 spiro atoms. The number of benzene rings is 2. The molecule has 126 valence electrons. The summed E-state index contributed by atoms with van der Waals surface area (Å²) < 4.78 is 5.90. The van der Waals surface area contributed by atoms with Crippen molar-refractivity contribution in [3.05, 3.63) is 64.2 Å². The number of carboxylic acid groups (broad SMARTS) is 1. The quantitative estimate of drug-likeness (QED) is 0.751. The number of ether oxygens (including phenoxy) is 1. The fourth-order valence-electron chi connectivity index (χ4n) is 3.13. The summed E-state index contributed by atoms with van der Waals surface area (Å²) >= 11 is 6.43. The first-order valence-electron chi connectivity index (χ1n) is 8.23. The summed E-state index contributed by atoms with van der Waals surface area (Å²) in [6.45, 7) is 2.42. The van der Waals surface area contributed by atoms with Crippen LogP contribution in [0.5, 0.6) is 5.75 Å². The summed E-state index contributed by atoms with van der Waals surface area (Å²) in [5.74, 6) is 0.425. The lowest BCUT2D eigenvalue weighted by Gasteiger charge is -2.18. The average Bonchev–Trinajstić information content (AvgIpc) is 3.37. The molecule has 3 nitrogen and oxygen atoms in total. The van der Waals surface area contributed by atoms with E-state index in [0.29, 0.717) is 23.3 Å². The van der Waals surface area contributed by atoms with E-state index in [9.17, 15) is 4.79 Å². The Labute approximate surface area is 147 Å². The highest BCUT2D eigenvalue weighted by molar-refractivity contribution is 6.32. The molecule has 1 aliphatic rings. The molecular weight excluding hydrogens is 324 g/mol. The van der Waals surface area contributed by atoms with Crippen LogP contribution in [0.15, 0.2) is 42.5 Å². The lowest BCUT2D eigenvalue weighted by molar-refractivity contribution is -0.137. The van der Waals surface area contributed by atoms with Crippen LogP contribution in [0.3, 0.4) is 0 Å². The van der Waals surface area contributed by atoms with Gasteiger partial charge in [-0.1, -0.05) is 48.0 Å². The van der Waals surface area contributed by atoms with E-state index in [2.05, 4.69) is 0 Å². The van der Waals surface area contributed by atoms with Crippen molar-refractivity contribution >= 4 is 17.6 Å². The molecule has 1 fully saturated rings. The number of aliphatic carboxylic acids is 1. The molecule has 24 heavy (non-hydrogen) atoms. The minimum atomic E-state index is -0.759. The van der Waals surface area contributed by atoms with Crippen LogP contribution >= 0.6 is 11.6 Å². The molecule has 0 heterocycles. The van der Waals surface area contributed by atoms with Crippen LogP contribution < -0.4 is 4.74 Å². The van der Waals surface area contributed by atoms with Gasteiger partial charge in [0, 0.05) is 0 Å². The van der Waals surface area contributed by atoms with Gasteiger partial charge in [-0.2, -0.15) is 0 Å². The molecule has 2 aromatic rings. The number of rotatable bonds is 7. The predicted molar refractivity (Wildman–Crippen MR) is 94.7 cm³/mol. The van der Waals surface area contributed by atoms with E-state index in [1.165, 1.54) is 0 Å². The van der Waals surface area contributed by atoms with Crippen LogP contribution in [0, 0.1) is 12.8 Å². The van der Waals surface area contributed by atoms with Gasteiger partial charge in [0.05, 0.1) is 11.4 Å². The van der Waals surface area contributed by atoms with Crippen molar-refractivity contribution in [1.29, 1.82) is 0 Å². The Bertz CT molecular complexity index is 700. The molecule has 0 amide bonds. The highest BCUT2D eigenvalue weighted by atomic mass is 35.5. The molecule has 1 saturated carbocycles. The Morgan fingerprint density at radius 3 is 2.58 bits per heavy atom. The third-order valence-electron chi connectivity index (χ3n) is 4.49. The second-order valence-corrected chi connectivity index (χ2v) is 6.87. The number of halogens is 1. The maximum atomic E-state index is 11.2. The Hall–Kier alpha value is -2.00. The molecule has 1 atom stereocenters. The largest absolute Gasteiger partial charge is 0.487 e. The molecule has 0 bridgehead atoms. The third kappa shape index (κ3) is 4.09. The van der Waals surface area contributed by atoms with E-state index in [0.717, 1.165) is 29.5 Å². The van der Waals surface area contributed by atoms with Crippen molar-refractivity contribution < 1.29 is 14.6 Å². The van der Waals surface area contributed by atoms with Crippen molar-refractivity contribution in [2.24, 2.45) is 5.92 Å². The van der Waals surface area contributed by atoms with Gasteiger partial charge in [0.1, 0.15) is 12.4 Å². The third-order valence-corrected chi connectivity index (χ3v) is 4.77. The smallest absolute Gasteiger partial charge is 0.303 e. The molecule has 1 N–H and O–H groups in total. The minimum Gasteiger partial charge on any atom is -0.487 e. The van der Waals surface area contributed by atoms with E-state index < -0.39 is 5.97 Å². The van der Waals surface area contributed by atoms with Crippen molar-refractivity contribution in [2.75, 3.05) is 0 Å². The average molecular weight is 345 g/mol. The SMILES string of the molecule is Cc1cc(C(CC(=O)O)C2CC2)cc(Cl)c1OCc1ccccc1. The lowest BCUT2D eigenvalue weighted by atomic mass is 9.90. The minimum absolute atomic E-state index is 0.0434. The van der Waals surface area contributed by atoms with Crippen LogP contribution in [0.2, 0.25) is 5.02 Å². The van der Waals surface area contributed by atoms with Gasteiger partial charge in [-0.05, 0) is 54.4 Å². The fourth-order valence-corrected chi connectivity index (χ4v) is 3.46. The Morgan fingerprint density at radius 1 is 1.29 bits per heavy atom. The second kappa shape index (κ2) is 7.27. The summed E-state index contributed by atoms with van der Waals surface area (Å²) in [4.78, 5) is 11.2. The summed E-state index contributed by atoms with van der Waals surface area (Å²) in [5.41, 5.74) is 3.04. The van der Waals surface area contributed by atoms with Crippen LogP contribution in [-0.4, -0.2) is 11.1 Å². The molecule has 0 aromatic heterocycles.